The zero-order valence-electron chi connectivity index (χ0n) is 10.2. The number of alkyl halides is 1. The van der Waals surface area contributed by atoms with Crippen molar-refractivity contribution in [3.63, 3.8) is 0 Å². The van der Waals surface area contributed by atoms with Crippen LogP contribution in [0, 0.1) is 5.92 Å². The van der Waals surface area contributed by atoms with Gasteiger partial charge in [0.15, 0.2) is 0 Å². The molecule has 0 aliphatic carbocycles. The predicted molar refractivity (Wildman–Crippen MR) is 68.4 cm³/mol. The Morgan fingerprint density at radius 2 is 1.87 bits per heavy atom. The highest BCUT2D eigenvalue weighted by molar-refractivity contribution is 9.09. The van der Waals surface area contributed by atoms with E-state index in [9.17, 15) is 4.79 Å². The number of halogens is 1. The van der Waals surface area contributed by atoms with Crippen LogP contribution < -0.4 is 5.32 Å². The molecule has 0 aromatic heterocycles. The van der Waals surface area contributed by atoms with Crippen molar-refractivity contribution in [1.82, 2.24) is 10.2 Å². The van der Waals surface area contributed by atoms with Gasteiger partial charge in [-0.25, -0.2) is 0 Å². The summed E-state index contributed by atoms with van der Waals surface area (Å²) in [5.74, 6) is 0.712. The summed E-state index contributed by atoms with van der Waals surface area (Å²) in [6, 6.07) is 0.433. The summed E-state index contributed by atoms with van der Waals surface area (Å²) < 4.78 is 0. The van der Waals surface area contributed by atoms with Crippen LogP contribution >= 0.6 is 15.9 Å². The smallest absolute Gasteiger partial charge is 0.230 e. The van der Waals surface area contributed by atoms with Crippen molar-refractivity contribution in [1.29, 1.82) is 0 Å². The van der Waals surface area contributed by atoms with Crippen LogP contribution in [0.5, 0.6) is 0 Å². The first kappa shape index (κ1) is 14.9. The number of nitrogens with one attached hydrogen (secondary N) is 1. The SMILES string of the molecule is CCC(CC)C(CNC(=O)CBr)N(C)C. The molecule has 1 atom stereocenters. The standard InChI is InChI=1S/C11H23BrN2O/c1-5-9(6-2)10(14(3)4)8-13-11(15)7-12/h9-10H,5-8H2,1-4H3,(H,13,15). The predicted octanol–water partition coefficient (Wildman–Crippen LogP) is 1.86. The van der Waals surface area contributed by atoms with E-state index < -0.39 is 0 Å². The first-order valence-electron chi connectivity index (χ1n) is 5.55. The fourth-order valence-electron chi connectivity index (χ4n) is 1.87. The molecule has 0 fully saturated rings. The Kier molecular flexibility index (Phi) is 8.06. The lowest BCUT2D eigenvalue weighted by Gasteiger charge is -2.31. The van der Waals surface area contributed by atoms with Crippen molar-refractivity contribution >= 4 is 21.8 Å². The number of hydrogen-bond donors (Lipinski definition) is 1. The molecule has 0 heterocycles. The number of carbonyl (C=O) groups is 1. The van der Waals surface area contributed by atoms with E-state index in [-0.39, 0.29) is 5.91 Å². The Labute approximate surface area is 102 Å². The summed E-state index contributed by atoms with van der Waals surface area (Å²) in [5, 5.41) is 3.32. The summed E-state index contributed by atoms with van der Waals surface area (Å²) in [7, 11) is 4.15. The molecule has 1 unspecified atom stereocenters. The Morgan fingerprint density at radius 1 is 1.33 bits per heavy atom. The summed E-state index contributed by atoms with van der Waals surface area (Å²) in [5.41, 5.74) is 0. The third-order valence-corrected chi connectivity index (χ3v) is 3.40. The molecule has 0 aromatic rings. The molecule has 1 N–H and O–H groups in total. The lowest BCUT2D eigenvalue weighted by Crippen LogP contribution is -2.44. The average molecular weight is 279 g/mol. The zero-order valence-corrected chi connectivity index (χ0v) is 11.8. The first-order valence-corrected chi connectivity index (χ1v) is 6.67. The normalized spacial score (nSPS) is 13.3. The van der Waals surface area contributed by atoms with Gasteiger partial charge in [-0.1, -0.05) is 42.6 Å². The molecule has 0 rings (SSSR count). The van der Waals surface area contributed by atoms with Crippen molar-refractivity contribution in [3.8, 4) is 0 Å². The summed E-state index contributed by atoms with van der Waals surface area (Å²) in [6.07, 6.45) is 2.31. The molecule has 1 amide bonds. The van der Waals surface area contributed by atoms with Crippen molar-refractivity contribution in [3.05, 3.63) is 0 Å². The quantitative estimate of drug-likeness (QED) is 0.721. The number of likely N-dealkylation sites (N-methyl/N-ethyl adjacent to an activating group) is 1. The second-order valence-corrected chi connectivity index (χ2v) is 4.61. The van der Waals surface area contributed by atoms with E-state index in [2.05, 4.69) is 54.1 Å². The molecule has 0 aliphatic heterocycles. The number of amides is 1. The van der Waals surface area contributed by atoms with Crippen LogP contribution in [0.25, 0.3) is 0 Å². The van der Waals surface area contributed by atoms with Gasteiger partial charge in [0.2, 0.25) is 5.91 Å². The second kappa shape index (κ2) is 8.11. The maximum atomic E-state index is 11.2. The molecular weight excluding hydrogens is 256 g/mol. The van der Waals surface area contributed by atoms with Gasteiger partial charge >= 0.3 is 0 Å². The Bertz CT molecular complexity index is 181. The van der Waals surface area contributed by atoms with Crippen molar-refractivity contribution in [2.45, 2.75) is 32.7 Å². The molecule has 0 aliphatic rings. The van der Waals surface area contributed by atoms with Gasteiger partial charge in [-0.3, -0.25) is 4.79 Å². The van der Waals surface area contributed by atoms with Gasteiger partial charge < -0.3 is 10.2 Å². The largest absolute Gasteiger partial charge is 0.354 e. The molecule has 0 saturated carbocycles. The van der Waals surface area contributed by atoms with Crippen molar-refractivity contribution in [2.24, 2.45) is 5.92 Å². The van der Waals surface area contributed by atoms with Gasteiger partial charge in [0.25, 0.3) is 0 Å². The highest BCUT2D eigenvalue weighted by Crippen LogP contribution is 2.16. The molecule has 0 aromatic carbocycles. The number of hydrogen-bond acceptors (Lipinski definition) is 2. The molecule has 4 heteroatoms. The number of rotatable bonds is 7. The first-order chi connectivity index (χ1) is 7.06. The van der Waals surface area contributed by atoms with Crippen molar-refractivity contribution in [2.75, 3.05) is 26.0 Å². The summed E-state index contributed by atoms with van der Waals surface area (Å²) >= 11 is 3.15. The zero-order chi connectivity index (χ0) is 11.8. The van der Waals surface area contributed by atoms with E-state index in [4.69, 9.17) is 0 Å². The highest BCUT2D eigenvalue weighted by Gasteiger charge is 2.20. The Hall–Kier alpha value is -0.0900. The van der Waals surface area contributed by atoms with Crippen LogP contribution in [0.3, 0.4) is 0 Å². The van der Waals surface area contributed by atoms with Gasteiger partial charge in [0.1, 0.15) is 0 Å². The lowest BCUT2D eigenvalue weighted by atomic mass is 9.93. The summed E-state index contributed by atoms with van der Waals surface area (Å²) in [6.45, 7) is 5.15. The van der Waals surface area contributed by atoms with E-state index in [0.29, 0.717) is 17.3 Å². The van der Waals surface area contributed by atoms with Gasteiger partial charge in [-0.15, -0.1) is 0 Å². The van der Waals surface area contributed by atoms with E-state index in [1.807, 2.05) is 0 Å². The monoisotopic (exact) mass is 278 g/mol. The van der Waals surface area contributed by atoms with Gasteiger partial charge in [-0.05, 0) is 20.0 Å². The molecular formula is C11H23BrN2O. The highest BCUT2D eigenvalue weighted by atomic mass is 79.9. The third-order valence-electron chi connectivity index (χ3n) is 2.89. The van der Waals surface area contributed by atoms with Crippen LogP contribution in [0.15, 0.2) is 0 Å². The van der Waals surface area contributed by atoms with E-state index in [1.165, 1.54) is 0 Å². The third kappa shape index (κ3) is 5.52. The topological polar surface area (TPSA) is 32.3 Å². The van der Waals surface area contributed by atoms with Gasteiger partial charge in [0.05, 0.1) is 5.33 Å². The maximum Gasteiger partial charge on any atom is 0.230 e. The van der Waals surface area contributed by atoms with Crippen molar-refractivity contribution < 1.29 is 4.79 Å². The molecule has 0 radical (unpaired) electrons. The minimum absolute atomic E-state index is 0.0628. The number of carbonyl (C=O) groups excluding carboxylic acids is 1. The fourth-order valence-corrected chi connectivity index (χ4v) is 2.07. The fraction of sp³-hybridized carbons (Fsp3) is 0.909. The lowest BCUT2D eigenvalue weighted by molar-refractivity contribution is -0.118. The van der Waals surface area contributed by atoms with Crippen LogP contribution in [0.2, 0.25) is 0 Å². The van der Waals surface area contributed by atoms with E-state index in [1.54, 1.807) is 0 Å². The van der Waals surface area contributed by atoms with Crippen LogP contribution in [-0.2, 0) is 4.79 Å². The van der Waals surface area contributed by atoms with Gasteiger partial charge in [-0.2, -0.15) is 0 Å². The average Bonchev–Trinajstić information content (AvgIpc) is 2.23. The van der Waals surface area contributed by atoms with E-state index >= 15 is 0 Å². The molecule has 0 saturated heterocycles. The molecule has 15 heavy (non-hydrogen) atoms. The van der Waals surface area contributed by atoms with E-state index in [0.717, 1.165) is 19.4 Å². The van der Waals surface area contributed by atoms with Crippen LogP contribution in [0.4, 0.5) is 0 Å². The Morgan fingerprint density at radius 3 is 2.20 bits per heavy atom. The Balaban J connectivity index is 4.20. The summed E-state index contributed by atoms with van der Waals surface area (Å²) in [4.78, 5) is 13.4. The minimum Gasteiger partial charge on any atom is -0.354 e. The van der Waals surface area contributed by atoms with Gasteiger partial charge in [0, 0.05) is 12.6 Å². The number of nitrogens with zero attached hydrogens (tertiary/aromatic N) is 1. The second-order valence-electron chi connectivity index (χ2n) is 4.05. The molecule has 0 bridgehead atoms. The molecule has 90 valence electrons. The maximum absolute atomic E-state index is 11.2. The minimum atomic E-state index is 0.0628. The molecule has 0 spiro atoms. The molecule has 3 nitrogen and oxygen atoms in total. The van der Waals surface area contributed by atoms with Crippen LogP contribution in [0.1, 0.15) is 26.7 Å². The van der Waals surface area contributed by atoms with Crippen LogP contribution in [-0.4, -0.2) is 42.8 Å².